The van der Waals surface area contributed by atoms with Gasteiger partial charge in [-0.15, -0.1) is 0 Å². The minimum atomic E-state index is -4.41. The molecule has 1 saturated heterocycles. The molecule has 0 bridgehead atoms. The second kappa shape index (κ2) is 4.91. The van der Waals surface area contributed by atoms with E-state index in [4.69, 9.17) is 0 Å². The number of piperidine rings is 1. The van der Waals surface area contributed by atoms with Crippen molar-refractivity contribution in [3.8, 4) is 0 Å². The van der Waals surface area contributed by atoms with Crippen molar-refractivity contribution in [2.24, 2.45) is 5.92 Å². The summed E-state index contributed by atoms with van der Waals surface area (Å²) in [6.07, 6.45) is -4.21. The largest absolute Gasteiger partial charge is 0.390 e. The van der Waals surface area contributed by atoms with Crippen LogP contribution in [0.15, 0.2) is 0 Å². The fourth-order valence-corrected chi connectivity index (χ4v) is 3.15. The summed E-state index contributed by atoms with van der Waals surface area (Å²) >= 11 is 0. The van der Waals surface area contributed by atoms with E-state index in [9.17, 15) is 21.6 Å². The highest BCUT2D eigenvalue weighted by atomic mass is 32.2. The second-order valence-electron chi connectivity index (χ2n) is 4.26. The standard InChI is InChI=1S/C9H16F3NO2S/c1-8-2-5-13(6-3-8)16(14,15)7-4-9(10,11)12/h8H,2-7H2,1H3. The molecule has 1 rings (SSSR count). The third-order valence-corrected chi connectivity index (χ3v) is 4.65. The molecule has 0 N–H and O–H groups in total. The molecule has 1 aliphatic heterocycles. The molecule has 0 aliphatic carbocycles. The van der Waals surface area contributed by atoms with Gasteiger partial charge in [0.1, 0.15) is 0 Å². The van der Waals surface area contributed by atoms with Crippen LogP contribution in [0.1, 0.15) is 26.2 Å². The topological polar surface area (TPSA) is 37.4 Å². The van der Waals surface area contributed by atoms with E-state index in [1.807, 2.05) is 6.92 Å². The molecule has 0 unspecified atom stereocenters. The molecule has 7 heteroatoms. The van der Waals surface area contributed by atoms with Gasteiger partial charge in [-0.25, -0.2) is 12.7 Å². The van der Waals surface area contributed by atoms with E-state index in [2.05, 4.69) is 0 Å². The van der Waals surface area contributed by atoms with Gasteiger partial charge in [0.05, 0.1) is 12.2 Å². The van der Waals surface area contributed by atoms with E-state index in [-0.39, 0.29) is 0 Å². The first-order chi connectivity index (χ1) is 7.21. The third-order valence-electron chi connectivity index (χ3n) is 2.78. The maximum atomic E-state index is 11.9. The number of hydrogen-bond donors (Lipinski definition) is 0. The lowest BCUT2D eigenvalue weighted by molar-refractivity contribution is -0.130. The average molecular weight is 259 g/mol. The van der Waals surface area contributed by atoms with Gasteiger partial charge in [-0.05, 0) is 18.8 Å². The molecule has 1 aliphatic rings. The van der Waals surface area contributed by atoms with Crippen LogP contribution >= 0.6 is 0 Å². The van der Waals surface area contributed by atoms with Crippen molar-refractivity contribution in [3.63, 3.8) is 0 Å². The molecule has 0 aromatic heterocycles. The average Bonchev–Trinajstić information content (AvgIpc) is 2.15. The lowest BCUT2D eigenvalue weighted by Gasteiger charge is -2.29. The number of nitrogens with zero attached hydrogens (tertiary/aromatic N) is 1. The molecule has 0 aromatic rings. The van der Waals surface area contributed by atoms with Crippen LogP contribution in [0.25, 0.3) is 0 Å². The quantitative estimate of drug-likeness (QED) is 0.777. The van der Waals surface area contributed by atoms with E-state index in [0.717, 1.165) is 12.8 Å². The van der Waals surface area contributed by atoms with Crippen LogP contribution in [-0.2, 0) is 10.0 Å². The maximum Gasteiger partial charge on any atom is 0.390 e. The molecule has 1 fully saturated rings. The van der Waals surface area contributed by atoms with Gasteiger partial charge in [-0.3, -0.25) is 0 Å². The summed E-state index contributed by atoms with van der Waals surface area (Å²) in [6.45, 7) is 2.71. The van der Waals surface area contributed by atoms with Crippen LogP contribution in [0.5, 0.6) is 0 Å². The van der Waals surface area contributed by atoms with Crippen molar-refractivity contribution in [3.05, 3.63) is 0 Å². The van der Waals surface area contributed by atoms with Gasteiger partial charge >= 0.3 is 6.18 Å². The zero-order valence-corrected chi connectivity index (χ0v) is 9.94. The van der Waals surface area contributed by atoms with Crippen molar-refractivity contribution in [1.29, 1.82) is 0 Å². The Balaban J connectivity index is 2.51. The Morgan fingerprint density at radius 1 is 1.25 bits per heavy atom. The first-order valence-electron chi connectivity index (χ1n) is 5.25. The van der Waals surface area contributed by atoms with Gasteiger partial charge in [0.15, 0.2) is 0 Å². The molecule has 0 spiro atoms. The number of hydrogen-bond acceptors (Lipinski definition) is 2. The molecule has 0 radical (unpaired) electrons. The summed E-state index contributed by atoms with van der Waals surface area (Å²) in [5.74, 6) is -0.376. The first-order valence-corrected chi connectivity index (χ1v) is 6.86. The minimum absolute atomic E-state index is 0.349. The van der Waals surface area contributed by atoms with Gasteiger partial charge < -0.3 is 0 Å². The molecular weight excluding hydrogens is 243 g/mol. The van der Waals surface area contributed by atoms with E-state index in [1.165, 1.54) is 4.31 Å². The van der Waals surface area contributed by atoms with Gasteiger partial charge in [-0.1, -0.05) is 6.92 Å². The highest BCUT2D eigenvalue weighted by Gasteiger charge is 2.33. The molecule has 0 saturated carbocycles. The van der Waals surface area contributed by atoms with Crippen LogP contribution in [0.3, 0.4) is 0 Å². The SMILES string of the molecule is CC1CCN(S(=O)(=O)CCC(F)(F)F)CC1. The number of halogens is 3. The Labute approximate surface area is 93.7 Å². The summed E-state index contributed by atoms with van der Waals surface area (Å²) in [4.78, 5) is 0. The lowest BCUT2D eigenvalue weighted by Crippen LogP contribution is -2.39. The molecule has 0 atom stereocenters. The van der Waals surface area contributed by atoms with E-state index < -0.39 is 28.4 Å². The molecule has 96 valence electrons. The van der Waals surface area contributed by atoms with Crippen molar-refractivity contribution in [2.45, 2.75) is 32.4 Å². The number of alkyl halides is 3. The van der Waals surface area contributed by atoms with Gasteiger partial charge in [0.2, 0.25) is 10.0 Å². The summed E-state index contributed by atoms with van der Waals surface area (Å²) in [5.41, 5.74) is 0. The minimum Gasteiger partial charge on any atom is -0.212 e. The predicted octanol–water partition coefficient (Wildman–Crippen LogP) is 2.00. The Morgan fingerprint density at radius 3 is 2.19 bits per heavy atom. The Bertz CT molecular complexity index is 318. The summed E-state index contributed by atoms with van der Waals surface area (Å²) in [7, 11) is -3.73. The van der Waals surface area contributed by atoms with E-state index >= 15 is 0 Å². The van der Waals surface area contributed by atoms with Crippen molar-refractivity contribution < 1.29 is 21.6 Å². The molecule has 0 aromatic carbocycles. The lowest BCUT2D eigenvalue weighted by atomic mass is 10.0. The highest BCUT2D eigenvalue weighted by molar-refractivity contribution is 7.89. The Hall–Kier alpha value is -0.300. The Morgan fingerprint density at radius 2 is 1.75 bits per heavy atom. The van der Waals surface area contributed by atoms with Crippen LogP contribution < -0.4 is 0 Å². The van der Waals surface area contributed by atoms with Crippen LogP contribution in [0, 0.1) is 5.92 Å². The Kier molecular flexibility index (Phi) is 4.23. The maximum absolute atomic E-state index is 11.9. The zero-order valence-electron chi connectivity index (χ0n) is 9.13. The highest BCUT2D eigenvalue weighted by Crippen LogP contribution is 2.23. The van der Waals surface area contributed by atoms with Crippen molar-refractivity contribution in [1.82, 2.24) is 4.31 Å². The smallest absolute Gasteiger partial charge is 0.212 e. The fraction of sp³-hybridized carbons (Fsp3) is 1.00. The van der Waals surface area contributed by atoms with E-state index in [1.54, 1.807) is 0 Å². The summed E-state index contributed by atoms with van der Waals surface area (Å²) < 4.78 is 60.1. The van der Waals surface area contributed by atoms with Gasteiger partial charge in [0, 0.05) is 13.1 Å². The fourth-order valence-electron chi connectivity index (χ4n) is 1.64. The van der Waals surface area contributed by atoms with Crippen LogP contribution in [-0.4, -0.2) is 37.7 Å². The summed E-state index contributed by atoms with van der Waals surface area (Å²) in [5, 5.41) is 0. The van der Waals surface area contributed by atoms with Crippen LogP contribution in [0.2, 0.25) is 0 Å². The van der Waals surface area contributed by atoms with Crippen LogP contribution in [0.4, 0.5) is 13.2 Å². The van der Waals surface area contributed by atoms with Gasteiger partial charge in [-0.2, -0.15) is 13.2 Å². The normalized spacial score (nSPS) is 21.2. The first kappa shape index (κ1) is 13.8. The number of rotatable bonds is 3. The second-order valence-corrected chi connectivity index (χ2v) is 6.35. The van der Waals surface area contributed by atoms with E-state index in [0.29, 0.717) is 19.0 Å². The van der Waals surface area contributed by atoms with Crippen molar-refractivity contribution in [2.75, 3.05) is 18.8 Å². The molecule has 1 heterocycles. The third kappa shape index (κ3) is 4.29. The predicted molar refractivity (Wildman–Crippen MR) is 54.4 cm³/mol. The summed E-state index contributed by atoms with van der Waals surface area (Å²) in [6, 6.07) is 0. The molecular formula is C9H16F3NO2S. The van der Waals surface area contributed by atoms with Gasteiger partial charge in [0.25, 0.3) is 0 Å². The zero-order chi connectivity index (χ0) is 12.4. The molecule has 3 nitrogen and oxygen atoms in total. The monoisotopic (exact) mass is 259 g/mol. The molecule has 16 heavy (non-hydrogen) atoms. The molecule has 0 amide bonds. The van der Waals surface area contributed by atoms with Crippen molar-refractivity contribution >= 4 is 10.0 Å². The number of sulfonamides is 1.